The highest BCUT2D eigenvalue weighted by molar-refractivity contribution is 7.99. The van der Waals surface area contributed by atoms with Crippen LogP contribution in [0.1, 0.15) is 6.42 Å². The zero-order valence-corrected chi connectivity index (χ0v) is 13.3. The Bertz CT molecular complexity index is 637. The molecule has 0 saturated carbocycles. The Labute approximate surface area is 131 Å². The number of hydrogen-bond acceptors (Lipinski definition) is 6. The summed E-state index contributed by atoms with van der Waals surface area (Å²) in [6, 6.07) is 5.58. The third kappa shape index (κ3) is 3.87. The molecule has 21 heavy (non-hydrogen) atoms. The molecule has 1 aliphatic rings. The molecule has 2 heterocycles. The number of hydrogen-bond donors (Lipinski definition) is 2. The summed E-state index contributed by atoms with van der Waals surface area (Å²) in [5, 5.41) is 3.53. The van der Waals surface area contributed by atoms with Gasteiger partial charge in [-0.1, -0.05) is 11.3 Å². The molecule has 0 bridgehead atoms. The summed E-state index contributed by atoms with van der Waals surface area (Å²) in [5.41, 5.74) is 7.34. The predicted molar refractivity (Wildman–Crippen MR) is 91.0 cm³/mol. The van der Waals surface area contributed by atoms with Gasteiger partial charge in [0.05, 0.1) is 10.2 Å². The van der Waals surface area contributed by atoms with E-state index >= 15 is 0 Å². The maximum atomic E-state index is 12.0. The average Bonchev–Trinajstić information content (AvgIpc) is 2.87. The quantitative estimate of drug-likeness (QED) is 0.845. The van der Waals surface area contributed by atoms with Crippen LogP contribution in [0.5, 0.6) is 0 Å². The van der Waals surface area contributed by atoms with Gasteiger partial charge in [-0.15, -0.1) is 0 Å². The van der Waals surface area contributed by atoms with E-state index in [0.717, 1.165) is 29.9 Å². The van der Waals surface area contributed by atoms with Crippen molar-refractivity contribution in [3.8, 4) is 0 Å². The number of fused-ring (bicyclic) bond motifs is 1. The molecule has 0 unspecified atom stereocenters. The Balaban J connectivity index is 1.55. The third-order valence-corrected chi connectivity index (χ3v) is 5.29. The van der Waals surface area contributed by atoms with Crippen LogP contribution in [0.25, 0.3) is 10.2 Å². The van der Waals surface area contributed by atoms with Gasteiger partial charge >= 0.3 is 0 Å². The zero-order chi connectivity index (χ0) is 14.7. The molecule has 1 amide bonds. The maximum absolute atomic E-state index is 12.0. The lowest BCUT2D eigenvalue weighted by Gasteiger charge is -2.25. The van der Waals surface area contributed by atoms with E-state index in [1.54, 1.807) is 0 Å². The number of aromatic nitrogens is 1. The van der Waals surface area contributed by atoms with E-state index < -0.39 is 0 Å². The van der Waals surface area contributed by atoms with Crippen LogP contribution in [0, 0.1) is 0 Å². The van der Waals surface area contributed by atoms with Gasteiger partial charge in [0, 0.05) is 43.2 Å². The Kier molecular flexibility index (Phi) is 4.62. The van der Waals surface area contributed by atoms with Gasteiger partial charge in [0.25, 0.3) is 0 Å². The molecule has 0 radical (unpaired) electrons. The number of nitrogens with one attached hydrogen (secondary N) is 1. The average molecular weight is 322 g/mol. The van der Waals surface area contributed by atoms with Crippen molar-refractivity contribution in [2.45, 2.75) is 6.42 Å². The molecule has 5 nitrogen and oxygen atoms in total. The second kappa shape index (κ2) is 6.64. The lowest BCUT2D eigenvalue weighted by molar-refractivity contribution is -0.116. The summed E-state index contributed by atoms with van der Waals surface area (Å²) in [5.74, 6) is 2.36. The van der Waals surface area contributed by atoms with Crippen molar-refractivity contribution in [1.82, 2.24) is 9.88 Å². The normalized spacial score (nSPS) is 16.2. The van der Waals surface area contributed by atoms with Crippen LogP contribution in [0.3, 0.4) is 0 Å². The topological polar surface area (TPSA) is 71.2 Å². The number of rotatable bonds is 4. The first kappa shape index (κ1) is 14.6. The van der Waals surface area contributed by atoms with Gasteiger partial charge in [-0.05, 0) is 18.2 Å². The third-order valence-electron chi connectivity index (χ3n) is 3.42. The van der Waals surface area contributed by atoms with Crippen molar-refractivity contribution in [3.05, 3.63) is 18.2 Å². The Morgan fingerprint density at radius 2 is 2.19 bits per heavy atom. The summed E-state index contributed by atoms with van der Waals surface area (Å²) >= 11 is 3.44. The van der Waals surface area contributed by atoms with Crippen LogP contribution in [-0.2, 0) is 4.79 Å². The minimum Gasteiger partial charge on any atom is -0.399 e. The highest BCUT2D eigenvalue weighted by Gasteiger charge is 2.13. The summed E-state index contributed by atoms with van der Waals surface area (Å²) in [4.78, 5) is 18.7. The van der Waals surface area contributed by atoms with E-state index in [9.17, 15) is 4.79 Å². The number of carbonyl (C=O) groups is 1. The van der Waals surface area contributed by atoms with Crippen molar-refractivity contribution >= 4 is 50.0 Å². The molecule has 2 aromatic rings. The maximum Gasteiger partial charge on any atom is 0.227 e. The molecule has 3 N–H and O–H groups in total. The largest absolute Gasteiger partial charge is 0.399 e. The fourth-order valence-electron chi connectivity index (χ4n) is 2.26. The minimum atomic E-state index is 0.0280. The molecule has 1 fully saturated rings. The fraction of sp³-hybridized carbons (Fsp3) is 0.429. The van der Waals surface area contributed by atoms with E-state index in [1.165, 1.54) is 22.8 Å². The number of carbonyl (C=O) groups excluding carboxylic acids is 1. The number of thioether (sulfide) groups is 1. The van der Waals surface area contributed by atoms with Gasteiger partial charge in [-0.2, -0.15) is 11.8 Å². The van der Waals surface area contributed by atoms with Gasteiger partial charge < -0.3 is 16.0 Å². The molecule has 0 spiro atoms. The number of thiazole rings is 1. The van der Waals surface area contributed by atoms with Gasteiger partial charge in [0.2, 0.25) is 5.91 Å². The van der Waals surface area contributed by atoms with E-state index in [0.29, 0.717) is 17.2 Å². The SMILES string of the molecule is Nc1ccc2nc(NC(=O)CCN3CCSCC3)sc2c1. The zero-order valence-electron chi connectivity index (χ0n) is 11.7. The van der Waals surface area contributed by atoms with E-state index in [-0.39, 0.29) is 5.91 Å². The van der Waals surface area contributed by atoms with Crippen LogP contribution >= 0.6 is 23.1 Å². The van der Waals surface area contributed by atoms with Crippen molar-refractivity contribution in [3.63, 3.8) is 0 Å². The molecule has 1 aliphatic heterocycles. The second-order valence-electron chi connectivity index (χ2n) is 5.00. The lowest BCUT2D eigenvalue weighted by Crippen LogP contribution is -2.34. The van der Waals surface area contributed by atoms with E-state index in [2.05, 4.69) is 15.2 Å². The molecule has 1 saturated heterocycles. The van der Waals surface area contributed by atoms with Crippen molar-refractivity contribution < 1.29 is 4.79 Å². The first-order valence-electron chi connectivity index (χ1n) is 6.97. The van der Waals surface area contributed by atoms with Gasteiger partial charge in [-0.3, -0.25) is 4.79 Å². The molecular weight excluding hydrogens is 304 g/mol. The first-order valence-corrected chi connectivity index (χ1v) is 8.94. The van der Waals surface area contributed by atoms with E-state index in [1.807, 2.05) is 30.0 Å². The minimum absolute atomic E-state index is 0.0280. The summed E-state index contributed by atoms with van der Waals surface area (Å²) in [7, 11) is 0. The molecule has 1 aromatic carbocycles. The van der Waals surface area contributed by atoms with Gasteiger partial charge in [0.1, 0.15) is 0 Å². The number of benzene rings is 1. The Hall–Kier alpha value is -1.31. The number of nitrogens with two attached hydrogens (primary N) is 1. The summed E-state index contributed by atoms with van der Waals surface area (Å²) in [6.07, 6.45) is 0.517. The van der Waals surface area contributed by atoms with Gasteiger partial charge in [0.15, 0.2) is 5.13 Å². The van der Waals surface area contributed by atoms with Crippen LogP contribution in [0.2, 0.25) is 0 Å². The predicted octanol–water partition coefficient (Wildman–Crippen LogP) is 2.26. The Morgan fingerprint density at radius 1 is 1.38 bits per heavy atom. The molecule has 7 heteroatoms. The number of nitrogens with zero attached hydrogens (tertiary/aromatic N) is 2. The summed E-state index contributed by atoms with van der Waals surface area (Å²) < 4.78 is 0.998. The molecule has 0 atom stereocenters. The number of amides is 1. The van der Waals surface area contributed by atoms with Crippen LogP contribution in [-0.4, -0.2) is 46.9 Å². The number of anilines is 2. The van der Waals surface area contributed by atoms with Crippen LogP contribution in [0.15, 0.2) is 18.2 Å². The monoisotopic (exact) mass is 322 g/mol. The number of nitrogen functional groups attached to an aromatic ring is 1. The van der Waals surface area contributed by atoms with Crippen LogP contribution < -0.4 is 11.1 Å². The first-order chi connectivity index (χ1) is 10.2. The Morgan fingerprint density at radius 3 is 3.00 bits per heavy atom. The molecule has 0 aliphatic carbocycles. The summed E-state index contributed by atoms with van der Waals surface area (Å²) in [6.45, 7) is 2.99. The lowest BCUT2D eigenvalue weighted by atomic mass is 10.3. The standard InChI is InChI=1S/C14H18N4OS2/c15-10-1-2-11-12(9-10)21-14(16-11)17-13(19)3-4-18-5-7-20-8-6-18/h1-2,9H,3-8,15H2,(H,16,17,19). The molecule has 3 rings (SSSR count). The highest BCUT2D eigenvalue weighted by atomic mass is 32.2. The van der Waals surface area contributed by atoms with Gasteiger partial charge in [-0.25, -0.2) is 4.98 Å². The molecule has 112 valence electrons. The van der Waals surface area contributed by atoms with Crippen molar-refractivity contribution in [2.75, 3.05) is 42.2 Å². The smallest absolute Gasteiger partial charge is 0.227 e. The fourth-order valence-corrected chi connectivity index (χ4v) is 4.17. The van der Waals surface area contributed by atoms with Crippen molar-refractivity contribution in [1.29, 1.82) is 0 Å². The van der Waals surface area contributed by atoms with Crippen molar-refractivity contribution in [2.24, 2.45) is 0 Å². The second-order valence-corrected chi connectivity index (χ2v) is 7.25. The van der Waals surface area contributed by atoms with Crippen LogP contribution in [0.4, 0.5) is 10.8 Å². The highest BCUT2D eigenvalue weighted by Crippen LogP contribution is 2.27. The van der Waals surface area contributed by atoms with E-state index in [4.69, 9.17) is 5.73 Å². The molecule has 1 aromatic heterocycles. The molecular formula is C14H18N4OS2.